The molecule has 1 rings (SSSR count). The zero-order valence-corrected chi connectivity index (χ0v) is 12.2. The Balaban J connectivity index is 2.45. The van der Waals surface area contributed by atoms with Crippen molar-refractivity contribution in [1.29, 1.82) is 0 Å². The van der Waals surface area contributed by atoms with Gasteiger partial charge in [-0.3, -0.25) is 4.79 Å². The molecule has 1 amide bonds. The molecule has 2 nitrogen and oxygen atoms in total. The van der Waals surface area contributed by atoms with Gasteiger partial charge in [0.05, 0.1) is 0 Å². The molecule has 0 aliphatic carbocycles. The monoisotopic (exact) mass is 249 g/mol. The molecule has 2 heteroatoms. The molecule has 0 unspecified atom stereocenters. The Hall–Kier alpha value is -1.05. The van der Waals surface area contributed by atoms with E-state index in [2.05, 4.69) is 19.9 Å². The summed E-state index contributed by atoms with van der Waals surface area (Å²) in [4.78, 5) is 13.9. The van der Waals surface area contributed by atoms with E-state index in [1.807, 2.05) is 11.8 Å². The van der Waals surface area contributed by atoms with Crippen molar-refractivity contribution in [3.8, 4) is 0 Å². The molecular formula is C16H27NO. The van der Waals surface area contributed by atoms with Crippen LogP contribution in [0.1, 0.15) is 59.3 Å². The lowest BCUT2D eigenvalue weighted by Gasteiger charge is -2.13. The second-order valence-corrected chi connectivity index (χ2v) is 5.24. The van der Waals surface area contributed by atoms with Crippen LogP contribution in [0.25, 0.3) is 0 Å². The van der Waals surface area contributed by atoms with Crippen LogP contribution in [-0.4, -0.2) is 23.9 Å². The van der Waals surface area contributed by atoms with Crippen molar-refractivity contribution >= 4 is 5.91 Å². The van der Waals surface area contributed by atoms with Crippen LogP contribution in [0.3, 0.4) is 0 Å². The van der Waals surface area contributed by atoms with Gasteiger partial charge in [0.1, 0.15) is 0 Å². The molecule has 1 aliphatic rings. The number of carbonyl (C=O) groups excluding carboxylic acids is 1. The van der Waals surface area contributed by atoms with Crippen LogP contribution in [0, 0.1) is 0 Å². The Morgan fingerprint density at radius 1 is 1.11 bits per heavy atom. The third-order valence-electron chi connectivity index (χ3n) is 3.64. The van der Waals surface area contributed by atoms with Crippen molar-refractivity contribution in [3.63, 3.8) is 0 Å². The van der Waals surface area contributed by atoms with E-state index in [0.717, 1.165) is 37.9 Å². The van der Waals surface area contributed by atoms with Crippen LogP contribution < -0.4 is 0 Å². The van der Waals surface area contributed by atoms with E-state index in [0.29, 0.717) is 0 Å². The van der Waals surface area contributed by atoms with Crippen molar-refractivity contribution < 1.29 is 4.79 Å². The van der Waals surface area contributed by atoms with Gasteiger partial charge in [0.15, 0.2) is 0 Å². The molecule has 0 atom stereocenters. The molecular weight excluding hydrogens is 222 g/mol. The highest BCUT2D eigenvalue weighted by Crippen LogP contribution is 2.14. The Morgan fingerprint density at radius 2 is 1.78 bits per heavy atom. The summed E-state index contributed by atoms with van der Waals surface area (Å²) in [7, 11) is 0. The number of hydrogen-bond acceptors (Lipinski definition) is 1. The summed E-state index contributed by atoms with van der Waals surface area (Å²) in [5, 5.41) is 0. The van der Waals surface area contributed by atoms with E-state index in [9.17, 15) is 4.79 Å². The minimum Gasteiger partial charge on any atom is -0.339 e. The number of amides is 1. The van der Waals surface area contributed by atoms with Gasteiger partial charge < -0.3 is 4.90 Å². The number of rotatable bonds is 6. The number of unbranched alkanes of at least 4 members (excludes halogenated alkanes) is 3. The highest BCUT2D eigenvalue weighted by atomic mass is 16.2. The molecule has 18 heavy (non-hydrogen) atoms. The largest absolute Gasteiger partial charge is 0.339 e. The average molecular weight is 249 g/mol. The normalized spacial score (nSPS) is 17.4. The summed E-state index contributed by atoms with van der Waals surface area (Å²) in [6.07, 6.45) is 11.3. The summed E-state index contributed by atoms with van der Waals surface area (Å²) in [6.45, 7) is 8.23. The van der Waals surface area contributed by atoms with Gasteiger partial charge in [-0.2, -0.15) is 0 Å². The van der Waals surface area contributed by atoms with Crippen molar-refractivity contribution in [3.05, 3.63) is 23.3 Å². The van der Waals surface area contributed by atoms with Crippen LogP contribution in [0.4, 0.5) is 0 Å². The minimum atomic E-state index is 0.186. The molecule has 1 fully saturated rings. The molecule has 102 valence electrons. The van der Waals surface area contributed by atoms with E-state index in [1.165, 1.54) is 24.8 Å². The summed E-state index contributed by atoms with van der Waals surface area (Å²) >= 11 is 0. The molecule has 0 N–H and O–H groups in total. The zero-order chi connectivity index (χ0) is 13.4. The van der Waals surface area contributed by atoms with Crippen LogP contribution in [-0.2, 0) is 4.79 Å². The van der Waals surface area contributed by atoms with E-state index >= 15 is 0 Å². The molecule has 0 radical (unpaired) electrons. The summed E-state index contributed by atoms with van der Waals surface area (Å²) in [5.41, 5.74) is 2.36. The van der Waals surface area contributed by atoms with Crippen molar-refractivity contribution in [2.45, 2.75) is 59.3 Å². The van der Waals surface area contributed by atoms with Gasteiger partial charge in [0.2, 0.25) is 5.91 Å². The van der Waals surface area contributed by atoms with Gasteiger partial charge in [-0.15, -0.1) is 0 Å². The molecule has 0 saturated carbocycles. The lowest BCUT2D eigenvalue weighted by Crippen LogP contribution is -2.25. The van der Waals surface area contributed by atoms with E-state index in [4.69, 9.17) is 0 Å². The fraction of sp³-hybridized carbons (Fsp3) is 0.688. The SMILES string of the molecule is CCCCC/C=C(C)/C(C)=C\C(=O)N1CCCC1. The second kappa shape index (κ2) is 8.12. The maximum atomic E-state index is 12.0. The lowest BCUT2D eigenvalue weighted by molar-refractivity contribution is -0.125. The standard InChI is InChI=1S/C16H27NO/c1-4-5-6-7-10-14(2)15(3)13-16(18)17-11-8-9-12-17/h10,13H,4-9,11-12H2,1-3H3/b14-10+,15-13-. The Kier molecular flexibility index (Phi) is 6.77. The van der Waals surface area contributed by atoms with Crippen LogP contribution in [0.5, 0.6) is 0 Å². The molecule has 1 heterocycles. The first-order chi connectivity index (χ1) is 8.65. The summed E-state index contributed by atoms with van der Waals surface area (Å²) in [6, 6.07) is 0. The van der Waals surface area contributed by atoms with Crippen molar-refractivity contribution in [2.24, 2.45) is 0 Å². The highest BCUT2D eigenvalue weighted by Gasteiger charge is 2.15. The molecule has 1 saturated heterocycles. The van der Waals surface area contributed by atoms with Gasteiger partial charge in [-0.1, -0.05) is 31.4 Å². The first-order valence-corrected chi connectivity index (χ1v) is 7.29. The van der Waals surface area contributed by atoms with E-state index < -0.39 is 0 Å². The van der Waals surface area contributed by atoms with Crippen molar-refractivity contribution in [2.75, 3.05) is 13.1 Å². The number of carbonyl (C=O) groups is 1. The fourth-order valence-corrected chi connectivity index (χ4v) is 2.20. The van der Waals surface area contributed by atoms with Crippen molar-refractivity contribution in [1.82, 2.24) is 4.90 Å². The maximum Gasteiger partial charge on any atom is 0.246 e. The Bertz CT molecular complexity index is 322. The average Bonchev–Trinajstić information content (AvgIpc) is 2.88. The smallest absolute Gasteiger partial charge is 0.246 e. The highest BCUT2D eigenvalue weighted by molar-refractivity contribution is 5.89. The van der Waals surface area contributed by atoms with Gasteiger partial charge in [-0.25, -0.2) is 0 Å². The maximum absolute atomic E-state index is 12.0. The Morgan fingerprint density at radius 3 is 2.39 bits per heavy atom. The van der Waals surface area contributed by atoms with E-state index in [-0.39, 0.29) is 5.91 Å². The lowest BCUT2D eigenvalue weighted by atomic mass is 10.1. The molecule has 0 bridgehead atoms. The third kappa shape index (κ3) is 5.07. The minimum absolute atomic E-state index is 0.186. The number of allylic oxidation sites excluding steroid dienone is 3. The molecule has 0 spiro atoms. The molecule has 0 aromatic rings. The van der Waals surface area contributed by atoms with Crippen LogP contribution in [0.2, 0.25) is 0 Å². The number of hydrogen-bond donors (Lipinski definition) is 0. The van der Waals surface area contributed by atoms with Crippen LogP contribution in [0.15, 0.2) is 23.3 Å². The zero-order valence-electron chi connectivity index (χ0n) is 12.2. The Labute approximate surface area is 112 Å². The second-order valence-electron chi connectivity index (χ2n) is 5.24. The van der Waals surface area contributed by atoms with Crippen LogP contribution >= 0.6 is 0 Å². The predicted octanol–water partition coefficient (Wildman–Crippen LogP) is 4.08. The fourth-order valence-electron chi connectivity index (χ4n) is 2.20. The van der Waals surface area contributed by atoms with E-state index in [1.54, 1.807) is 6.08 Å². The first kappa shape index (κ1) is 15.0. The van der Waals surface area contributed by atoms with Gasteiger partial charge in [-0.05, 0) is 45.1 Å². The predicted molar refractivity (Wildman–Crippen MR) is 77.5 cm³/mol. The molecule has 0 aromatic carbocycles. The van der Waals surface area contributed by atoms with Gasteiger partial charge in [0, 0.05) is 19.2 Å². The quantitative estimate of drug-likeness (QED) is 0.394. The summed E-state index contributed by atoms with van der Waals surface area (Å²) in [5.74, 6) is 0.186. The molecule has 1 aliphatic heterocycles. The number of nitrogens with zero attached hydrogens (tertiary/aromatic N) is 1. The van der Waals surface area contributed by atoms with Gasteiger partial charge in [0.25, 0.3) is 0 Å². The number of likely N-dealkylation sites (tertiary alicyclic amines) is 1. The summed E-state index contributed by atoms with van der Waals surface area (Å²) < 4.78 is 0. The third-order valence-corrected chi connectivity index (χ3v) is 3.64. The van der Waals surface area contributed by atoms with Gasteiger partial charge >= 0.3 is 0 Å². The topological polar surface area (TPSA) is 20.3 Å². The first-order valence-electron chi connectivity index (χ1n) is 7.29. The molecule has 0 aromatic heterocycles.